The van der Waals surface area contributed by atoms with Crippen molar-refractivity contribution in [3.8, 4) is 5.75 Å². The predicted octanol–water partition coefficient (Wildman–Crippen LogP) is 3.75. The highest BCUT2D eigenvalue weighted by Crippen LogP contribution is 2.23. The van der Waals surface area contributed by atoms with Crippen molar-refractivity contribution in [1.82, 2.24) is 15.0 Å². The summed E-state index contributed by atoms with van der Waals surface area (Å²) in [4.78, 5) is 24.3. The number of nitrogens with zero attached hydrogens (tertiary/aromatic N) is 3. The number of nitrogens with two attached hydrogens (primary N) is 1. The third kappa shape index (κ3) is 5.91. The lowest BCUT2D eigenvalue weighted by molar-refractivity contribution is -0.147. The van der Waals surface area contributed by atoms with Crippen LogP contribution in [0.25, 0.3) is 0 Å². The van der Waals surface area contributed by atoms with Crippen LogP contribution in [-0.4, -0.2) is 27.5 Å². The van der Waals surface area contributed by atoms with E-state index < -0.39 is 5.97 Å². The van der Waals surface area contributed by atoms with Gasteiger partial charge in [0.15, 0.2) is 19.0 Å². The number of ether oxygens (including phenoxy) is 2. The summed E-state index contributed by atoms with van der Waals surface area (Å²) in [7, 11) is 0. The van der Waals surface area contributed by atoms with Gasteiger partial charge in [-0.2, -0.15) is 15.0 Å². The molecule has 0 saturated heterocycles. The van der Waals surface area contributed by atoms with Crippen LogP contribution in [0, 0.1) is 6.92 Å². The topological polar surface area (TPSA) is 112 Å². The van der Waals surface area contributed by atoms with Gasteiger partial charge in [-0.15, -0.1) is 0 Å². The summed E-state index contributed by atoms with van der Waals surface area (Å²) in [6, 6.07) is 15.2. The van der Waals surface area contributed by atoms with Gasteiger partial charge in [-0.25, -0.2) is 4.79 Å². The molecule has 0 bridgehead atoms. The Morgan fingerprint density at radius 1 is 1.10 bits per heavy atom. The van der Waals surface area contributed by atoms with Crippen molar-refractivity contribution in [2.24, 2.45) is 0 Å². The van der Waals surface area contributed by atoms with Crippen molar-refractivity contribution in [3.63, 3.8) is 0 Å². The number of anilines is 3. The number of nitrogen functional groups attached to an aromatic ring is 1. The monoisotopic (exact) mass is 407 g/mol. The van der Waals surface area contributed by atoms with E-state index >= 15 is 0 Å². The van der Waals surface area contributed by atoms with Gasteiger partial charge < -0.3 is 20.5 Å². The highest BCUT2D eigenvalue weighted by molar-refractivity contribution is 5.71. The van der Waals surface area contributed by atoms with Crippen LogP contribution in [-0.2, 0) is 16.1 Å². The van der Waals surface area contributed by atoms with Crippen LogP contribution >= 0.6 is 0 Å². The number of para-hydroxylation sites is 1. The number of carbonyl (C=O) groups excluding carboxylic acids is 1. The predicted molar refractivity (Wildman–Crippen MR) is 115 cm³/mol. The minimum absolute atomic E-state index is 0.0337. The summed E-state index contributed by atoms with van der Waals surface area (Å²) in [5, 5.41) is 3.03. The second kappa shape index (κ2) is 9.69. The van der Waals surface area contributed by atoms with Crippen LogP contribution in [0.15, 0.2) is 48.5 Å². The van der Waals surface area contributed by atoms with Gasteiger partial charge in [-0.3, -0.25) is 0 Å². The third-order valence-corrected chi connectivity index (χ3v) is 4.31. The largest absolute Gasteiger partial charge is 0.482 e. The van der Waals surface area contributed by atoms with E-state index in [9.17, 15) is 4.79 Å². The molecule has 1 heterocycles. The molecule has 0 radical (unpaired) electrons. The first-order valence-corrected chi connectivity index (χ1v) is 9.62. The van der Waals surface area contributed by atoms with Crippen molar-refractivity contribution in [3.05, 3.63) is 65.5 Å². The molecule has 8 heteroatoms. The molecule has 8 nitrogen and oxygen atoms in total. The van der Waals surface area contributed by atoms with E-state index in [0.29, 0.717) is 11.7 Å². The fourth-order valence-corrected chi connectivity index (χ4v) is 2.92. The van der Waals surface area contributed by atoms with Gasteiger partial charge in [0.05, 0.1) is 0 Å². The summed E-state index contributed by atoms with van der Waals surface area (Å²) in [5.41, 5.74) is 8.91. The van der Waals surface area contributed by atoms with Gasteiger partial charge >= 0.3 is 5.97 Å². The highest BCUT2D eigenvalue weighted by atomic mass is 16.6. The molecular formula is C22H25N5O3. The van der Waals surface area contributed by atoms with Crippen LogP contribution in [0.1, 0.15) is 36.7 Å². The first-order chi connectivity index (χ1) is 14.4. The van der Waals surface area contributed by atoms with E-state index in [2.05, 4.69) is 34.1 Å². The minimum Gasteiger partial charge on any atom is -0.482 e. The Kier molecular flexibility index (Phi) is 6.79. The lowest BCUT2D eigenvalue weighted by Gasteiger charge is -2.12. The quantitative estimate of drug-likeness (QED) is 0.543. The molecule has 0 spiro atoms. The van der Waals surface area contributed by atoms with E-state index in [1.807, 2.05) is 55.5 Å². The molecule has 0 atom stereocenters. The van der Waals surface area contributed by atoms with Gasteiger partial charge in [0.1, 0.15) is 5.75 Å². The number of carbonyl (C=O) groups is 1. The van der Waals surface area contributed by atoms with Gasteiger partial charge in [-0.1, -0.05) is 38.1 Å². The first kappa shape index (κ1) is 21.0. The molecule has 1 aromatic heterocycles. The number of benzene rings is 2. The summed E-state index contributed by atoms with van der Waals surface area (Å²) < 4.78 is 10.7. The van der Waals surface area contributed by atoms with Gasteiger partial charge in [-0.05, 0) is 48.2 Å². The Balaban J connectivity index is 1.54. The van der Waals surface area contributed by atoms with Crippen LogP contribution < -0.4 is 15.8 Å². The number of hydrogen-bond donors (Lipinski definition) is 2. The average molecular weight is 407 g/mol. The lowest BCUT2D eigenvalue weighted by Crippen LogP contribution is -2.16. The second-order valence-corrected chi connectivity index (χ2v) is 7.05. The maximum absolute atomic E-state index is 12.0. The van der Waals surface area contributed by atoms with Gasteiger partial charge in [0.2, 0.25) is 11.9 Å². The molecule has 0 aliphatic rings. The number of nitrogens with one attached hydrogen (secondary N) is 1. The molecule has 3 rings (SSSR count). The molecule has 0 aliphatic carbocycles. The molecule has 0 saturated carbocycles. The van der Waals surface area contributed by atoms with Gasteiger partial charge in [0.25, 0.3) is 0 Å². The number of rotatable bonds is 8. The fraction of sp³-hybridized carbons (Fsp3) is 0.273. The molecular weight excluding hydrogens is 382 g/mol. The molecule has 2 aromatic carbocycles. The standard InChI is InChI=1S/C22H25N5O3/c1-14(2)18-10-9-17(11-15(18)3)29-13-20(28)30-12-19-25-21(23)27-22(26-19)24-16-7-5-4-6-8-16/h4-11,14H,12-13H2,1-3H3,(H3,23,24,25,26,27). The Hall–Kier alpha value is -3.68. The van der Waals surface area contributed by atoms with Crippen molar-refractivity contribution in [1.29, 1.82) is 0 Å². The molecule has 30 heavy (non-hydrogen) atoms. The molecule has 0 aliphatic heterocycles. The van der Waals surface area contributed by atoms with Crippen LogP contribution in [0.5, 0.6) is 5.75 Å². The summed E-state index contributed by atoms with van der Waals surface area (Å²) in [6.45, 7) is 5.94. The molecule has 0 fully saturated rings. The number of aromatic nitrogens is 3. The maximum atomic E-state index is 12.0. The Morgan fingerprint density at radius 3 is 2.57 bits per heavy atom. The van der Waals surface area contributed by atoms with E-state index in [1.165, 1.54) is 5.56 Å². The smallest absolute Gasteiger partial charge is 0.344 e. The Bertz CT molecular complexity index is 1010. The zero-order chi connectivity index (χ0) is 21.5. The SMILES string of the molecule is Cc1cc(OCC(=O)OCc2nc(N)nc(Nc3ccccc3)n2)ccc1C(C)C. The summed E-state index contributed by atoms with van der Waals surface area (Å²) in [6.07, 6.45) is 0. The van der Waals surface area contributed by atoms with E-state index in [-0.39, 0.29) is 30.9 Å². The van der Waals surface area contributed by atoms with Crippen molar-refractivity contribution >= 4 is 23.6 Å². The zero-order valence-corrected chi connectivity index (χ0v) is 17.3. The third-order valence-electron chi connectivity index (χ3n) is 4.31. The Morgan fingerprint density at radius 2 is 1.87 bits per heavy atom. The van der Waals surface area contributed by atoms with Crippen molar-refractivity contribution < 1.29 is 14.3 Å². The van der Waals surface area contributed by atoms with Gasteiger partial charge in [0, 0.05) is 5.69 Å². The van der Waals surface area contributed by atoms with Crippen LogP contribution in [0.3, 0.4) is 0 Å². The minimum atomic E-state index is -0.530. The summed E-state index contributed by atoms with van der Waals surface area (Å²) >= 11 is 0. The van der Waals surface area contributed by atoms with Crippen molar-refractivity contribution in [2.75, 3.05) is 17.7 Å². The molecule has 3 N–H and O–H groups in total. The number of aryl methyl sites for hydroxylation is 1. The van der Waals surface area contributed by atoms with Crippen LogP contribution in [0.2, 0.25) is 0 Å². The number of esters is 1. The van der Waals surface area contributed by atoms with Crippen LogP contribution in [0.4, 0.5) is 17.6 Å². The zero-order valence-electron chi connectivity index (χ0n) is 17.3. The molecule has 0 amide bonds. The summed E-state index contributed by atoms with van der Waals surface area (Å²) in [5.74, 6) is 1.07. The maximum Gasteiger partial charge on any atom is 0.344 e. The first-order valence-electron chi connectivity index (χ1n) is 9.62. The highest BCUT2D eigenvalue weighted by Gasteiger charge is 2.10. The fourth-order valence-electron chi connectivity index (χ4n) is 2.92. The number of hydrogen-bond acceptors (Lipinski definition) is 8. The van der Waals surface area contributed by atoms with E-state index in [0.717, 1.165) is 11.3 Å². The second-order valence-electron chi connectivity index (χ2n) is 7.05. The lowest BCUT2D eigenvalue weighted by atomic mass is 9.98. The molecule has 3 aromatic rings. The molecule has 156 valence electrons. The Labute approximate surface area is 175 Å². The molecule has 0 unspecified atom stereocenters. The van der Waals surface area contributed by atoms with E-state index in [4.69, 9.17) is 15.2 Å². The normalized spacial score (nSPS) is 10.7. The van der Waals surface area contributed by atoms with Crippen molar-refractivity contribution in [2.45, 2.75) is 33.3 Å². The van der Waals surface area contributed by atoms with E-state index in [1.54, 1.807) is 0 Å². The average Bonchev–Trinajstić information content (AvgIpc) is 2.71.